The van der Waals surface area contributed by atoms with E-state index in [4.69, 9.17) is 4.74 Å². The van der Waals surface area contributed by atoms with Crippen molar-refractivity contribution < 1.29 is 4.74 Å². The molecule has 1 aliphatic heterocycles. The molecule has 0 amide bonds. The SMILES string of the molecule is CCOc1cnc(Cc2cccc(C)c2)c(NCCN2CCC2)n1. The molecule has 0 spiro atoms. The van der Waals surface area contributed by atoms with E-state index in [-0.39, 0.29) is 0 Å². The third kappa shape index (κ3) is 4.45. The predicted molar refractivity (Wildman–Crippen MR) is 96.7 cm³/mol. The second-order valence-corrected chi connectivity index (χ2v) is 6.22. The number of hydrogen-bond donors (Lipinski definition) is 1. The first-order valence-electron chi connectivity index (χ1n) is 8.75. The highest BCUT2D eigenvalue weighted by Gasteiger charge is 2.14. The Kier molecular flexibility index (Phi) is 5.64. The lowest BCUT2D eigenvalue weighted by atomic mass is 10.1. The van der Waals surface area contributed by atoms with E-state index in [0.717, 1.165) is 31.0 Å². The molecule has 128 valence electrons. The van der Waals surface area contributed by atoms with Crippen LogP contribution in [0.4, 0.5) is 5.82 Å². The highest BCUT2D eigenvalue weighted by atomic mass is 16.5. The Bertz CT molecular complexity index is 670. The normalized spacial score (nSPS) is 14.2. The fourth-order valence-corrected chi connectivity index (χ4v) is 2.84. The van der Waals surface area contributed by atoms with E-state index in [2.05, 4.69) is 51.4 Å². The number of rotatable bonds is 8. The first-order chi connectivity index (χ1) is 11.7. The summed E-state index contributed by atoms with van der Waals surface area (Å²) in [5.74, 6) is 1.42. The van der Waals surface area contributed by atoms with E-state index < -0.39 is 0 Å². The second kappa shape index (κ2) is 8.11. The standard InChI is InChI=1S/C19H26N4O/c1-3-24-18-14-21-17(13-16-7-4-6-15(2)12-16)19(22-18)20-8-11-23-9-5-10-23/h4,6-7,12,14H,3,5,8-11,13H2,1-2H3,(H,20,22). The minimum absolute atomic E-state index is 0.581. The molecular weight excluding hydrogens is 300 g/mol. The Balaban J connectivity index is 1.72. The zero-order valence-electron chi connectivity index (χ0n) is 14.6. The molecule has 5 heteroatoms. The fourth-order valence-electron chi connectivity index (χ4n) is 2.84. The van der Waals surface area contributed by atoms with Crippen molar-refractivity contribution in [1.82, 2.24) is 14.9 Å². The molecule has 1 N–H and O–H groups in total. The zero-order valence-corrected chi connectivity index (χ0v) is 14.6. The van der Waals surface area contributed by atoms with Crippen molar-refractivity contribution in [3.05, 3.63) is 47.3 Å². The van der Waals surface area contributed by atoms with Crippen LogP contribution < -0.4 is 10.1 Å². The first kappa shape index (κ1) is 16.7. The summed E-state index contributed by atoms with van der Waals surface area (Å²) in [5.41, 5.74) is 3.48. The highest BCUT2D eigenvalue weighted by Crippen LogP contribution is 2.19. The molecule has 0 atom stereocenters. The van der Waals surface area contributed by atoms with Crippen LogP contribution in [0.25, 0.3) is 0 Å². The van der Waals surface area contributed by atoms with Gasteiger partial charge in [0.05, 0.1) is 18.5 Å². The van der Waals surface area contributed by atoms with Gasteiger partial charge in [0.1, 0.15) is 0 Å². The number of benzene rings is 1. The van der Waals surface area contributed by atoms with Gasteiger partial charge in [0, 0.05) is 19.5 Å². The topological polar surface area (TPSA) is 50.3 Å². The summed E-state index contributed by atoms with van der Waals surface area (Å²) < 4.78 is 5.51. The highest BCUT2D eigenvalue weighted by molar-refractivity contribution is 5.44. The number of nitrogens with zero attached hydrogens (tertiary/aromatic N) is 3. The molecule has 2 heterocycles. The monoisotopic (exact) mass is 326 g/mol. The van der Waals surface area contributed by atoms with Crippen LogP contribution in [0.3, 0.4) is 0 Å². The minimum atomic E-state index is 0.581. The van der Waals surface area contributed by atoms with Gasteiger partial charge in [-0.1, -0.05) is 29.8 Å². The van der Waals surface area contributed by atoms with E-state index in [0.29, 0.717) is 12.5 Å². The Hall–Kier alpha value is -2.14. The van der Waals surface area contributed by atoms with E-state index in [1.54, 1.807) is 6.20 Å². The van der Waals surface area contributed by atoms with Crippen LogP contribution in [0.15, 0.2) is 30.5 Å². The summed E-state index contributed by atoms with van der Waals surface area (Å²) in [7, 11) is 0. The Labute approximate surface area is 144 Å². The van der Waals surface area contributed by atoms with Gasteiger partial charge in [-0.3, -0.25) is 4.98 Å². The van der Waals surface area contributed by atoms with Crippen molar-refractivity contribution in [3.63, 3.8) is 0 Å². The van der Waals surface area contributed by atoms with E-state index in [1.165, 1.54) is 30.6 Å². The lowest BCUT2D eigenvalue weighted by Crippen LogP contribution is -2.40. The van der Waals surface area contributed by atoms with Crippen molar-refractivity contribution in [2.45, 2.75) is 26.7 Å². The molecule has 1 aliphatic rings. The molecule has 5 nitrogen and oxygen atoms in total. The summed E-state index contributed by atoms with van der Waals surface area (Å²) in [6.07, 6.45) is 3.81. The maximum atomic E-state index is 5.51. The largest absolute Gasteiger partial charge is 0.477 e. The van der Waals surface area contributed by atoms with Crippen LogP contribution in [-0.2, 0) is 6.42 Å². The molecule has 1 saturated heterocycles. The van der Waals surface area contributed by atoms with Gasteiger partial charge in [-0.2, -0.15) is 4.98 Å². The van der Waals surface area contributed by atoms with Gasteiger partial charge in [-0.25, -0.2) is 0 Å². The second-order valence-electron chi connectivity index (χ2n) is 6.22. The number of aromatic nitrogens is 2. The number of anilines is 1. The smallest absolute Gasteiger partial charge is 0.234 e. The van der Waals surface area contributed by atoms with Crippen molar-refractivity contribution in [2.75, 3.05) is 38.1 Å². The molecule has 0 aliphatic carbocycles. The minimum Gasteiger partial charge on any atom is -0.477 e. The molecular formula is C19H26N4O. The molecule has 0 saturated carbocycles. The number of aryl methyl sites for hydroxylation is 1. The molecule has 1 aromatic carbocycles. The van der Waals surface area contributed by atoms with Crippen LogP contribution in [0.2, 0.25) is 0 Å². The summed E-state index contributed by atoms with van der Waals surface area (Å²) >= 11 is 0. The van der Waals surface area contributed by atoms with Crippen LogP contribution in [-0.4, -0.2) is 47.7 Å². The number of likely N-dealkylation sites (tertiary alicyclic amines) is 1. The maximum Gasteiger partial charge on any atom is 0.234 e. The molecule has 0 bridgehead atoms. The van der Waals surface area contributed by atoms with Crippen LogP contribution >= 0.6 is 0 Å². The summed E-state index contributed by atoms with van der Waals surface area (Å²) in [4.78, 5) is 11.6. The van der Waals surface area contributed by atoms with Crippen LogP contribution in [0.1, 0.15) is 30.2 Å². The van der Waals surface area contributed by atoms with Gasteiger partial charge in [0.2, 0.25) is 5.88 Å². The lowest BCUT2D eigenvalue weighted by molar-refractivity contribution is 0.189. The number of ether oxygens (including phenoxy) is 1. The quantitative estimate of drug-likeness (QED) is 0.808. The van der Waals surface area contributed by atoms with Crippen molar-refractivity contribution >= 4 is 5.82 Å². The Morgan fingerprint density at radius 1 is 1.29 bits per heavy atom. The molecule has 1 fully saturated rings. The number of hydrogen-bond acceptors (Lipinski definition) is 5. The van der Waals surface area contributed by atoms with Crippen LogP contribution in [0.5, 0.6) is 5.88 Å². The van der Waals surface area contributed by atoms with E-state index >= 15 is 0 Å². The molecule has 3 rings (SSSR count). The average Bonchev–Trinajstić information content (AvgIpc) is 2.52. The molecule has 0 radical (unpaired) electrons. The van der Waals surface area contributed by atoms with Crippen molar-refractivity contribution in [3.8, 4) is 5.88 Å². The fraction of sp³-hybridized carbons (Fsp3) is 0.474. The van der Waals surface area contributed by atoms with Gasteiger partial charge in [-0.15, -0.1) is 0 Å². The van der Waals surface area contributed by atoms with Crippen molar-refractivity contribution in [1.29, 1.82) is 0 Å². The van der Waals surface area contributed by atoms with Gasteiger partial charge < -0.3 is 15.0 Å². The Morgan fingerprint density at radius 3 is 2.88 bits per heavy atom. The third-order valence-electron chi connectivity index (χ3n) is 4.24. The number of nitrogens with one attached hydrogen (secondary N) is 1. The molecule has 24 heavy (non-hydrogen) atoms. The van der Waals surface area contributed by atoms with Gasteiger partial charge in [-0.05, 0) is 38.9 Å². The summed E-state index contributed by atoms with van der Waals surface area (Å²) in [6, 6.07) is 8.53. The molecule has 2 aromatic rings. The maximum absolute atomic E-state index is 5.51. The predicted octanol–water partition coefficient (Wildman–Crippen LogP) is 2.89. The van der Waals surface area contributed by atoms with E-state index in [1.807, 2.05) is 6.92 Å². The average molecular weight is 326 g/mol. The van der Waals surface area contributed by atoms with Gasteiger partial charge >= 0.3 is 0 Å². The first-order valence-corrected chi connectivity index (χ1v) is 8.75. The molecule has 1 aromatic heterocycles. The summed E-state index contributed by atoms with van der Waals surface area (Å²) in [6.45, 7) is 9.01. The van der Waals surface area contributed by atoms with E-state index in [9.17, 15) is 0 Å². The van der Waals surface area contributed by atoms with Gasteiger partial charge in [0.25, 0.3) is 0 Å². The van der Waals surface area contributed by atoms with Crippen molar-refractivity contribution in [2.24, 2.45) is 0 Å². The Morgan fingerprint density at radius 2 is 2.17 bits per heavy atom. The molecule has 0 unspecified atom stereocenters. The lowest BCUT2D eigenvalue weighted by Gasteiger charge is -2.30. The summed E-state index contributed by atoms with van der Waals surface area (Å²) in [5, 5.41) is 3.45. The third-order valence-corrected chi connectivity index (χ3v) is 4.24. The zero-order chi connectivity index (χ0) is 16.8. The van der Waals surface area contributed by atoms with Crippen LogP contribution in [0, 0.1) is 6.92 Å². The van der Waals surface area contributed by atoms with Gasteiger partial charge in [0.15, 0.2) is 5.82 Å².